The van der Waals surface area contributed by atoms with Gasteiger partial charge in [-0.15, -0.1) is 0 Å². The number of anilines is 1. The summed E-state index contributed by atoms with van der Waals surface area (Å²) >= 11 is 0. The van der Waals surface area contributed by atoms with Gasteiger partial charge in [-0.25, -0.2) is 0 Å². The van der Waals surface area contributed by atoms with E-state index in [2.05, 4.69) is 40.1 Å². The van der Waals surface area contributed by atoms with Crippen molar-refractivity contribution < 1.29 is 4.79 Å². The summed E-state index contributed by atoms with van der Waals surface area (Å²) in [6.07, 6.45) is 7.75. The van der Waals surface area contributed by atoms with Crippen molar-refractivity contribution in [3.05, 3.63) is 78.4 Å². The van der Waals surface area contributed by atoms with Crippen molar-refractivity contribution >= 4 is 22.4 Å². The molecule has 1 aliphatic carbocycles. The Morgan fingerprint density at radius 3 is 2.37 bits per heavy atom. The zero-order chi connectivity index (χ0) is 20.3. The van der Waals surface area contributed by atoms with Crippen LogP contribution in [0.5, 0.6) is 0 Å². The molecule has 1 saturated carbocycles. The number of nitrogens with zero attached hydrogens (tertiary/aromatic N) is 2. The molecule has 1 aliphatic heterocycles. The average molecular weight is 399 g/mol. The summed E-state index contributed by atoms with van der Waals surface area (Å²) in [6.45, 7) is 2.08. The first-order valence-corrected chi connectivity index (χ1v) is 11.4. The SMILES string of the molecule is O=C(c1cccc2ccccc12)N(c1ccccc1)C1CCN(C2CCCCC2)C1. The average Bonchev–Trinajstić information content (AvgIpc) is 3.30. The smallest absolute Gasteiger partial charge is 0.259 e. The van der Waals surface area contributed by atoms with E-state index < -0.39 is 0 Å². The molecule has 1 amide bonds. The first-order chi connectivity index (χ1) is 14.8. The van der Waals surface area contributed by atoms with Crippen molar-refractivity contribution in [3.63, 3.8) is 0 Å². The van der Waals surface area contributed by atoms with Crippen LogP contribution in [-0.2, 0) is 0 Å². The molecule has 1 saturated heterocycles. The lowest BCUT2D eigenvalue weighted by atomic mass is 9.94. The second kappa shape index (κ2) is 8.61. The minimum atomic E-state index is 0.119. The first-order valence-electron chi connectivity index (χ1n) is 11.4. The van der Waals surface area contributed by atoms with Crippen LogP contribution in [0, 0.1) is 0 Å². The van der Waals surface area contributed by atoms with Crippen LogP contribution in [0.4, 0.5) is 5.69 Å². The molecule has 1 unspecified atom stereocenters. The van der Waals surface area contributed by atoms with Gasteiger partial charge in [-0.05, 0) is 48.2 Å². The maximum Gasteiger partial charge on any atom is 0.259 e. The highest BCUT2D eigenvalue weighted by atomic mass is 16.2. The second-order valence-electron chi connectivity index (χ2n) is 8.77. The van der Waals surface area contributed by atoms with Gasteiger partial charge in [0, 0.05) is 30.4 Å². The van der Waals surface area contributed by atoms with Crippen molar-refractivity contribution in [2.45, 2.75) is 50.6 Å². The number of rotatable bonds is 4. The fourth-order valence-electron chi connectivity index (χ4n) is 5.38. The third-order valence-electron chi connectivity index (χ3n) is 6.92. The van der Waals surface area contributed by atoms with Gasteiger partial charge in [-0.1, -0.05) is 73.9 Å². The minimum Gasteiger partial charge on any atom is -0.304 e. The van der Waals surface area contributed by atoms with Crippen LogP contribution in [0.15, 0.2) is 72.8 Å². The van der Waals surface area contributed by atoms with Crippen molar-refractivity contribution in [3.8, 4) is 0 Å². The molecule has 1 heterocycles. The summed E-state index contributed by atoms with van der Waals surface area (Å²) in [5, 5.41) is 2.15. The van der Waals surface area contributed by atoms with Crippen LogP contribution in [-0.4, -0.2) is 36.0 Å². The van der Waals surface area contributed by atoms with E-state index in [9.17, 15) is 4.79 Å². The molecule has 1 atom stereocenters. The molecule has 2 fully saturated rings. The van der Waals surface area contributed by atoms with Gasteiger partial charge < -0.3 is 4.90 Å². The number of hydrogen-bond acceptors (Lipinski definition) is 2. The Morgan fingerprint density at radius 1 is 0.800 bits per heavy atom. The predicted molar refractivity (Wildman–Crippen MR) is 124 cm³/mol. The Bertz CT molecular complexity index is 1000. The Hall–Kier alpha value is -2.65. The minimum absolute atomic E-state index is 0.119. The molecule has 3 heteroatoms. The number of carbonyl (C=O) groups excluding carboxylic acids is 1. The summed E-state index contributed by atoms with van der Waals surface area (Å²) < 4.78 is 0. The van der Waals surface area contributed by atoms with Crippen molar-refractivity contribution in [2.24, 2.45) is 0 Å². The molecular formula is C27H30N2O. The summed E-state index contributed by atoms with van der Waals surface area (Å²) in [6, 6.07) is 25.4. The fraction of sp³-hybridized carbons (Fsp3) is 0.370. The molecule has 154 valence electrons. The van der Waals surface area contributed by atoms with Crippen molar-refractivity contribution in [1.29, 1.82) is 0 Å². The van der Waals surface area contributed by atoms with E-state index >= 15 is 0 Å². The number of hydrogen-bond donors (Lipinski definition) is 0. The molecule has 2 aliphatic rings. The standard InChI is InChI=1S/C27H30N2O/c30-27(26-17-9-11-21-10-7-8-16-25(21)26)29(23-14-5-2-6-15-23)24-18-19-28(20-24)22-12-3-1-4-13-22/h2,5-11,14-17,22,24H,1,3-4,12-13,18-20H2. The quantitative estimate of drug-likeness (QED) is 0.547. The van der Waals surface area contributed by atoms with Crippen molar-refractivity contribution in [1.82, 2.24) is 4.90 Å². The summed E-state index contributed by atoms with van der Waals surface area (Å²) in [7, 11) is 0. The first kappa shape index (κ1) is 19.3. The molecule has 0 aromatic heterocycles. The Kier molecular flexibility index (Phi) is 5.54. The Labute approximate surface area is 179 Å². The maximum atomic E-state index is 13.9. The second-order valence-corrected chi connectivity index (χ2v) is 8.77. The lowest BCUT2D eigenvalue weighted by Crippen LogP contribution is -2.44. The number of benzene rings is 3. The number of likely N-dealkylation sites (tertiary alicyclic amines) is 1. The normalized spacial score (nSPS) is 20.5. The van der Waals surface area contributed by atoms with Crippen LogP contribution in [0.3, 0.4) is 0 Å². The molecule has 0 N–H and O–H groups in total. The molecule has 5 rings (SSSR count). The van der Waals surface area contributed by atoms with Gasteiger partial charge in [0.25, 0.3) is 5.91 Å². The number of amides is 1. The van der Waals surface area contributed by atoms with Crippen LogP contribution >= 0.6 is 0 Å². The van der Waals surface area contributed by atoms with E-state index in [1.54, 1.807) is 0 Å². The molecule has 0 radical (unpaired) electrons. The van der Waals surface area contributed by atoms with Crippen molar-refractivity contribution in [2.75, 3.05) is 18.0 Å². The van der Waals surface area contributed by atoms with E-state index in [4.69, 9.17) is 0 Å². The molecule has 0 spiro atoms. The zero-order valence-electron chi connectivity index (χ0n) is 17.5. The highest BCUT2D eigenvalue weighted by Gasteiger charge is 2.35. The highest BCUT2D eigenvalue weighted by molar-refractivity contribution is 6.14. The number of para-hydroxylation sites is 1. The van der Waals surface area contributed by atoms with Gasteiger partial charge in [0.2, 0.25) is 0 Å². The lowest BCUT2D eigenvalue weighted by molar-refractivity contribution is 0.0976. The van der Waals surface area contributed by atoms with Gasteiger partial charge in [-0.2, -0.15) is 0 Å². The number of fused-ring (bicyclic) bond motifs is 1. The lowest BCUT2D eigenvalue weighted by Gasteiger charge is -2.33. The third kappa shape index (κ3) is 3.75. The van der Waals surface area contributed by atoms with E-state index in [0.717, 1.165) is 41.5 Å². The van der Waals surface area contributed by atoms with Gasteiger partial charge in [0.15, 0.2) is 0 Å². The van der Waals surface area contributed by atoms with Crippen LogP contribution in [0.2, 0.25) is 0 Å². The monoisotopic (exact) mass is 398 g/mol. The van der Waals surface area contributed by atoms with Crippen LogP contribution < -0.4 is 4.90 Å². The highest BCUT2D eigenvalue weighted by Crippen LogP contribution is 2.31. The van der Waals surface area contributed by atoms with Crippen LogP contribution in [0.25, 0.3) is 10.8 Å². The van der Waals surface area contributed by atoms with E-state index in [1.807, 2.05) is 42.5 Å². The summed E-state index contributed by atoms with van der Waals surface area (Å²) in [5.74, 6) is 0.119. The zero-order valence-corrected chi connectivity index (χ0v) is 17.5. The van der Waals surface area contributed by atoms with E-state index in [0.29, 0.717) is 6.04 Å². The molecular weight excluding hydrogens is 368 g/mol. The maximum absolute atomic E-state index is 13.9. The largest absolute Gasteiger partial charge is 0.304 e. The van der Waals surface area contributed by atoms with E-state index in [1.165, 1.54) is 32.1 Å². The Morgan fingerprint density at radius 2 is 1.53 bits per heavy atom. The fourth-order valence-corrected chi connectivity index (χ4v) is 5.38. The summed E-state index contributed by atoms with van der Waals surface area (Å²) in [4.78, 5) is 18.7. The predicted octanol–water partition coefficient (Wildman–Crippen LogP) is 5.89. The molecule has 3 nitrogen and oxygen atoms in total. The third-order valence-corrected chi connectivity index (χ3v) is 6.92. The van der Waals surface area contributed by atoms with Gasteiger partial charge in [-0.3, -0.25) is 9.69 Å². The molecule has 3 aromatic carbocycles. The topological polar surface area (TPSA) is 23.6 Å². The number of carbonyl (C=O) groups is 1. The van der Waals surface area contributed by atoms with Gasteiger partial charge in [0.1, 0.15) is 0 Å². The Balaban J connectivity index is 1.48. The molecule has 30 heavy (non-hydrogen) atoms. The van der Waals surface area contributed by atoms with Crippen LogP contribution in [0.1, 0.15) is 48.9 Å². The summed E-state index contributed by atoms with van der Waals surface area (Å²) in [5.41, 5.74) is 1.80. The molecule has 3 aromatic rings. The molecule has 0 bridgehead atoms. The van der Waals surface area contributed by atoms with Gasteiger partial charge in [0.05, 0.1) is 6.04 Å². The van der Waals surface area contributed by atoms with E-state index in [-0.39, 0.29) is 11.9 Å². The van der Waals surface area contributed by atoms with Gasteiger partial charge >= 0.3 is 0 Å².